The third kappa shape index (κ3) is 3.56. The Labute approximate surface area is 136 Å². The first-order valence-corrected chi connectivity index (χ1v) is 7.18. The molecule has 0 aromatic heterocycles. The molecule has 0 atom stereocenters. The zero-order valence-electron chi connectivity index (χ0n) is 14.0. The number of methoxy groups -OCH3 is 3. The molecule has 0 bridgehead atoms. The van der Waals surface area contributed by atoms with Crippen molar-refractivity contribution in [1.29, 1.82) is 0 Å². The highest BCUT2D eigenvalue weighted by Gasteiger charge is 2.17. The number of aryl methyl sites for hydroxylation is 2. The van der Waals surface area contributed by atoms with Gasteiger partial charge in [0.05, 0.1) is 21.3 Å². The van der Waals surface area contributed by atoms with Gasteiger partial charge < -0.3 is 19.5 Å². The smallest absolute Gasteiger partial charge is 0.255 e. The number of nitrogens with one attached hydrogen (secondary N) is 1. The van der Waals surface area contributed by atoms with Gasteiger partial charge in [-0.1, -0.05) is 6.07 Å². The molecule has 2 aromatic carbocycles. The Hall–Kier alpha value is -2.69. The molecule has 0 saturated carbocycles. The summed E-state index contributed by atoms with van der Waals surface area (Å²) in [4.78, 5) is 12.5. The molecule has 0 unspecified atom stereocenters. The van der Waals surface area contributed by atoms with Gasteiger partial charge in [-0.05, 0) is 49.2 Å². The summed E-state index contributed by atoms with van der Waals surface area (Å²) in [7, 11) is 4.56. The number of hydrogen-bond acceptors (Lipinski definition) is 4. The second-order valence-corrected chi connectivity index (χ2v) is 5.17. The van der Waals surface area contributed by atoms with Crippen molar-refractivity contribution in [3.05, 3.63) is 47.0 Å². The van der Waals surface area contributed by atoms with E-state index in [-0.39, 0.29) is 5.91 Å². The summed E-state index contributed by atoms with van der Waals surface area (Å²) in [6.07, 6.45) is 0. The van der Waals surface area contributed by atoms with Gasteiger partial charge in [-0.3, -0.25) is 4.79 Å². The van der Waals surface area contributed by atoms with E-state index in [1.54, 1.807) is 12.1 Å². The van der Waals surface area contributed by atoms with E-state index >= 15 is 0 Å². The molecule has 0 aliphatic heterocycles. The maximum absolute atomic E-state index is 12.5. The van der Waals surface area contributed by atoms with Crippen LogP contribution in [0.2, 0.25) is 0 Å². The summed E-state index contributed by atoms with van der Waals surface area (Å²) in [5.74, 6) is 1.10. The zero-order valence-corrected chi connectivity index (χ0v) is 14.0. The van der Waals surface area contributed by atoms with E-state index in [4.69, 9.17) is 14.2 Å². The standard InChI is InChI=1S/C18H21NO4/c1-11-6-7-14(8-12(11)2)19-18(20)13-9-15(21-3)17(23-5)16(10-13)22-4/h6-10H,1-5H3,(H,19,20). The van der Waals surface area contributed by atoms with Gasteiger partial charge in [-0.15, -0.1) is 0 Å². The first-order chi connectivity index (χ1) is 11.0. The van der Waals surface area contributed by atoms with Crippen molar-refractivity contribution >= 4 is 11.6 Å². The second-order valence-electron chi connectivity index (χ2n) is 5.17. The van der Waals surface area contributed by atoms with E-state index in [0.29, 0.717) is 22.8 Å². The predicted molar refractivity (Wildman–Crippen MR) is 90.0 cm³/mol. The first kappa shape index (κ1) is 16.7. The zero-order chi connectivity index (χ0) is 17.0. The van der Waals surface area contributed by atoms with Gasteiger partial charge in [0.1, 0.15) is 0 Å². The third-order valence-corrected chi connectivity index (χ3v) is 3.69. The van der Waals surface area contributed by atoms with E-state index in [1.165, 1.54) is 26.9 Å². The SMILES string of the molecule is COc1cc(C(=O)Nc2ccc(C)c(C)c2)cc(OC)c1OC. The molecule has 0 aliphatic carbocycles. The minimum absolute atomic E-state index is 0.243. The van der Waals surface area contributed by atoms with E-state index in [0.717, 1.165) is 11.3 Å². The lowest BCUT2D eigenvalue weighted by Crippen LogP contribution is -2.12. The molecule has 0 spiro atoms. The monoisotopic (exact) mass is 315 g/mol. The quantitative estimate of drug-likeness (QED) is 0.916. The molecule has 2 rings (SSSR count). The summed E-state index contributed by atoms with van der Waals surface area (Å²) in [6.45, 7) is 4.03. The first-order valence-electron chi connectivity index (χ1n) is 7.18. The molecular weight excluding hydrogens is 294 g/mol. The minimum atomic E-state index is -0.243. The lowest BCUT2D eigenvalue weighted by Gasteiger charge is -2.14. The number of benzene rings is 2. The lowest BCUT2D eigenvalue weighted by molar-refractivity contribution is 0.102. The molecular formula is C18H21NO4. The molecule has 0 aliphatic rings. The maximum Gasteiger partial charge on any atom is 0.255 e. The summed E-state index contributed by atoms with van der Waals surface area (Å²) < 4.78 is 15.8. The highest BCUT2D eigenvalue weighted by molar-refractivity contribution is 6.05. The van der Waals surface area contributed by atoms with Crippen LogP contribution in [-0.4, -0.2) is 27.2 Å². The molecule has 1 amide bonds. The predicted octanol–water partition coefficient (Wildman–Crippen LogP) is 3.58. The molecule has 1 N–H and O–H groups in total. The topological polar surface area (TPSA) is 56.8 Å². The van der Waals surface area contributed by atoms with Crippen LogP contribution >= 0.6 is 0 Å². The van der Waals surface area contributed by atoms with Crippen molar-refractivity contribution in [2.24, 2.45) is 0 Å². The van der Waals surface area contributed by atoms with Crippen LogP contribution in [0.1, 0.15) is 21.5 Å². The second kappa shape index (κ2) is 7.05. The third-order valence-electron chi connectivity index (χ3n) is 3.69. The van der Waals surface area contributed by atoms with Gasteiger partial charge in [-0.25, -0.2) is 0 Å². The number of hydrogen-bond donors (Lipinski definition) is 1. The van der Waals surface area contributed by atoms with Crippen LogP contribution in [0.4, 0.5) is 5.69 Å². The molecule has 5 heteroatoms. The Balaban J connectivity index is 2.33. The average molecular weight is 315 g/mol. The normalized spacial score (nSPS) is 10.1. The molecule has 0 heterocycles. The molecule has 0 fully saturated rings. The number of anilines is 1. The summed E-state index contributed by atoms with van der Waals surface area (Å²) >= 11 is 0. The highest BCUT2D eigenvalue weighted by Crippen LogP contribution is 2.38. The van der Waals surface area contributed by atoms with Gasteiger partial charge in [0.2, 0.25) is 5.75 Å². The van der Waals surface area contributed by atoms with Crippen LogP contribution in [0, 0.1) is 13.8 Å². The number of carbonyl (C=O) groups excluding carboxylic acids is 1. The van der Waals surface area contributed by atoms with Crippen molar-refractivity contribution in [1.82, 2.24) is 0 Å². The summed E-state index contributed by atoms with van der Waals surface area (Å²) in [6, 6.07) is 9.03. The van der Waals surface area contributed by atoms with Crippen LogP contribution in [-0.2, 0) is 0 Å². The van der Waals surface area contributed by atoms with Crippen molar-refractivity contribution in [3.8, 4) is 17.2 Å². The largest absolute Gasteiger partial charge is 0.493 e. The Morgan fingerprint density at radius 3 is 1.96 bits per heavy atom. The van der Waals surface area contributed by atoms with Gasteiger partial charge in [0.25, 0.3) is 5.91 Å². The van der Waals surface area contributed by atoms with Crippen molar-refractivity contribution in [3.63, 3.8) is 0 Å². The molecule has 122 valence electrons. The Morgan fingerprint density at radius 2 is 1.48 bits per heavy atom. The van der Waals surface area contributed by atoms with Crippen LogP contribution in [0.15, 0.2) is 30.3 Å². The molecule has 5 nitrogen and oxygen atoms in total. The van der Waals surface area contributed by atoms with Crippen LogP contribution in [0.25, 0.3) is 0 Å². The fourth-order valence-electron chi connectivity index (χ4n) is 2.23. The average Bonchev–Trinajstić information content (AvgIpc) is 2.56. The van der Waals surface area contributed by atoms with E-state index in [9.17, 15) is 4.79 Å². The van der Waals surface area contributed by atoms with E-state index < -0.39 is 0 Å². The van der Waals surface area contributed by atoms with Gasteiger partial charge in [0, 0.05) is 11.3 Å². The fourth-order valence-corrected chi connectivity index (χ4v) is 2.23. The number of ether oxygens (including phenoxy) is 3. The van der Waals surface area contributed by atoms with Crippen LogP contribution in [0.3, 0.4) is 0 Å². The van der Waals surface area contributed by atoms with Crippen molar-refractivity contribution < 1.29 is 19.0 Å². The number of rotatable bonds is 5. The molecule has 23 heavy (non-hydrogen) atoms. The molecule has 0 radical (unpaired) electrons. The van der Waals surface area contributed by atoms with Gasteiger partial charge in [0.15, 0.2) is 11.5 Å². The molecule has 2 aromatic rings. The van der Waals surface area contributed by atoms with Gasteiger partial charge >= 0.3 is 0 Å². The van der Waals surface area contributed by atoms with Crippen LogP contribution in [0.5, 0.6) is 17.2 Å². The van der Waals surface area contributed by atoms with Gasteiger partial charge in [-0.2, -0.15) is 0 Å². The number of amides is 1. The Morgan fingerprint density at radius 1 is 0.870 bits per heavy atom. The molecule has 0 saturated heterocycles. The summed E-state index contributed by atoms with van der Waals surface area (Å²) in [5.41, 5.74) is 3.47. The summed E-state index contributed by atoms with van der Waals surface area (Å²) in [5, 5.41) is 2.88. The van der Waals surface area contributed by atoms with Crippen LogP contribution < -0.4 is 19.5 Å². The maximum atomic E-state index is 12.5. The van der Waals surface area contributed by atoms with Crippen molar-refractivity contribution in [2.75, 3.05) is 26.6 Å². The fraction of sp³-hybridized carbons (Fsp3) is 0.278. The lowest BCUT2D eigenvalue weighted by atomic mass is 10.1. The number of carbonyl (C=O) groups is 1. The highest BCUT2D eigenvalue weighted by atomic mass is 16.5. The van der Waals surface area contributed by atoms with Crippen molar-refractivity contribution in [2.45, 2.75) is 13.8 Å². The van der Waals surface area contributed by atoms with E-state index in [1.807, 2.05) is 32.0 Å². The minimum Gasteiger partial charge on any atom is -0.493 e. The Kier molecular flexibility index (Phi) is 5.11. The van der Waals surface area contributed by atoms with E-state index in [2.05, 4.69) is 5.32 Å². The Bertz CT molecular complexity index is 700.